The van der Waals surface area contributed by atoms with E-state index in [-0.39, 0.29) is 6.17 Å². The van der Waals surface area contributed by atoms with Gasteiger partial charge in [0.25, 0.3) is 0 Å². The van der Waals surface area contributed by atoms with E-state index in [1.807, 2.05) is 49.4 Å². The number of halogens is 2. The van der Waals surface area contributed by atoms with Crippen molar-refractivity contribution in [3.63, 3.8) is 0 Å². The van der Waals surface area contributed by atoms with Crippen LogP contribution in [0.2, 0.25) is 0 Å². The molecule has 0 saturated heterocycles. The number of benzene rings is 3. The van der Waals surface area contributed by atoms with E-state index in [0.717, 1.165) is 22.8 Å². The summed E-state index contributed by atoms with van der Waals surface area (Å²) in [5.41, 5.74) is 4.58. The minimum atomic E-state index is -0.653. The van der Waals surface area contributed by atoms with Crippen LogP contribution in [-0.4, -0.2) is 0 Å². The Hall–Kier alpha value is -3.49. The van der Waals surface area contributed by atoms with Crippen LogP contribution < -0.4 is 10.6 Å². The molecule has 35 heavy (non-hydrogen) atoms. The van der Waals surface area contributed by atoms with Gasteiger partial charge in [-0.2, -0.15) is 5.26 Å². The summed E-state index contributed by atoms with van der Waals surface area (Å²) in [7, 11) is 0. The lowest BCUT2D eigenvalue weighted by molar-refractivity contribution is 0.494. The molecular formula is C30H35F2N3. The molecule has 0 heterocycles. The standard InChI is InChI=1S/C25H23F2N3.C5H12/c1-16-8-4-7-11-22(16)25(29-15-20-10-6-5-9-19(20)14-28)30-18(3)23-12-21(26)13-24(27)17(23)2;1-3-5-4-2/h4-13,25,29-30H,3,15H2,1-2H3;3-5H2,1-2H3. The molecule has 1 atom stereocenters. The van der Waals surface area contributed by atoms with E-state index < -0.39 is 11.6 Å². The molecule has 3 rings (SSSR count). The molecule has 0 aliphatic heterocycles. The maximum Gasteiger partial charge on any atom is 0.129 e. The molecular weight excluding hydrogens is 440 g/mol. The number of hydrogen-bond acceptors (Lipinski definition) is 3. The van der Waals surface area contributed by atoms with Crippen molar-refractivity contribution in [1.29, 1.82) is 5.26 Å². The summed E-state index contributed by atoms with van der Waals surface area (Å²) in [5, 5.41) is 16.0. The first-order valence-corrected chi connectivity index (χ1v) is 12.0. The topological polar surface area (TPSA) is 47.8 Å². The molecule has 0 radical (unpaired) electrons. The number of unbranched alkanes of at least 4 members (excludes halogenated alkanes) is 2. The van der Waals surface area contributed by atoms with Gasteiger partial charge in [0, 0.05) is 23.9 Å². The third kappa shape index (κ3) is 8.05. The van der Waals surface area contributed by atoms with Gasteiger partial charge in [-0.15, -0.1) is 0 Å². The Labute approximate surface area is 208 Å². The molecule has 1 unspecified atom stereocenters. The SMILES string of the molecule is C=C(NC(NCc1ccccc1C#N)c1ccccc1C)c1cc(F)cc(F)c1C.CCCCC. The van der Waals surface area contributed by atoms with E-state index in [4.69, 9.17) is 0 Å². The number of nitrogens with zero attached hydrogens (tertiary/aromatic N) is 1. The molecule has 3 nitrogen and oxygen atoms in total. The molecule has 3 aromatic carbocycles. The lowest BCUT2D eigenvalue weighted by Crippen LogP contribution is -2.33. The number of nitriles is 1. The molecule has 3 aromatic rings. The van der Waals surface area contributed by atoms with Crippen molar-refractivity contribution in [2.45, 2.75) is 59.7 Å². The van der Waals surface area contributed by atoms with E-state index in [9.17, 15) is 14.0 Å². The van der Waals surface area contributed by atoms with Gasteiger partial charge in [-0.05, 0) is 48.2 Å². The summed E-state index contributed by atoms with van der Waals surface area (Å²) < 4.78 is 27.8. The second-order valence-corrected chi connectivity index (χ2v) is 8.48. The lowest BCUT2D eigenvalue weighted by atomic mass is 10.0. The molecule has 2 N–H and O–H groups in total. The van der Waals surface area contributed by atoms with Gasteiger partial charge >= 0.3 is 0 Å². The monoisotopic (exact) mass is 475 g/mol. The number of hydrogen-bond donors (Lipinski definition) is 2. The smallest absolute Gasteiger partial charge is 0.129 e. The first kappa shape index (κ1) is 27.8. The van der Waals surface area contributed by atoms with Gasteiger partial charge in [-0.3, -0.25) is 5.32 Å². The first-order chi connectivity index (χ1) is 16.8. The fourth-order valence-electron chi connectivity index (χ4n) is 3.71. The van der Waals surface area contributed by atoms with Crippen molar-refractivity contribution in [1.82, 2.24) is 10.6 Å². The lowest BCUT2D eigenvalue weighted by Gasteiger charge is -2.25. The largest absolute Gasteiger partial charge is 0.366 e. The van der Waals surface area contributed by atoms with Crippen LogP contribution in [0.4, 0.5) is 8.78 Å². The predicted molar refractivity (Wildman–Crippen MR) is 140 cm³/mol. The van der Waals surface area contributed by atoms with Crippen LogP contribution in [-0.2, 0) is 6.54 Å². The van der Waals surface area contributed by atoms with Gasteiger partial charge in [-0.25, -0.2) is 8.78 Å². The summed E-state index contributed by atoms with van der Waals surface area (Å²) in [6.45, 7) is 12.5. The van der Waals surface area contributed by atoms with Crippen LogP contribution in [0.25, 0.3) is 5.70 Å². The third-order valence-corrected chi connectivity index (χ3v) is 5.79. The Kier molecular flexibility index (Phi) is 11.1. The first-order valence-electron chi connectivity index (χ1n) is 12.0. The highest BCUT2D eigenvalue weighted by Crippen LogP contribution is 2.24. The van der Waals surface area contributed by atoms with Crippen molar-refractivity contribution in [2.24, 2.45) is 0 Å². The van der Waals surface area contributed by atoms with E-state index in [2.05, 4.69) is 37.1 Å². The highest BCUT2D eigenvalue weighted by Gasteiger charge is 2.17. The fourth-order valence-corrected chi connectivity index (χ4v) is 3.71. The Bertz CT molecular complexity index is 1160. The molecule has 0 aromatic heterocycles. The van der Waals surface area contributed by atoms with Crippen LogP contribution in [0.1, 0.15) is 72.7 Å². The van der Waals surface area contributed by atoms with E-state index in [0.29, 0.717) is 28.9 Å². The average Bonchev–Trinajstić information content (AvgIpc) is 2.85. The van der Waals surface area contributed by atoms with Gasteiger partial charge in [0.2, 0.25) is 0 Å². The van der Waals surface area contributed by atoms with Gasteiger partial charge < -0.3 is 5.32 Å². The normalized spacial score (nSPS) is 11.1. The fraction of sp³-hybridized carbons (Fsp3) is 0.300. The van der Waals surface area contributed by atoms with Gasteiger partial charge in [0.15, 0.2) is 0 Å². The quantitative estimate of drug-likeness (QED) is 0.312. The minimum Gasteiger partial charge on any atom is -0.366 e. The van der Waals surface area contributed by atoms with E-state index >= 15 is 0 Å². The van der Waals surface area contributed by atoms with Gasteiger partial charge in [-0.1, -0.05) is 82.2 Å². The number of rotatable bonds is 9. The van der Waals surface area contributed by atoms with Crippen LogP contribution >= 0.6 is 0 Å². The molecule has 0 fully saturated rings. The molecule has 0 aliphatic rings. The Balaban J connectivity index is 0.000000784. The predicted octanol–water partition coefficient (Wildman–Crippen LogP) is 7.70. The average molecular weight is 476 g/mol. The molecule has 0 amide bonds. The van der Waals surface area contributed by atoms with Crippen LogP contribution in [0.15, 0.2) is 67.2 Å². The van der Waals surface area contributed by atoms with Crippen molar-refractivity contribution in [2.75, 3.05) is 0 Å². The second-order valence-electron chi connectivity index (χ2n) is 8.48. The van der Waals surface area contributed by atoms with Crippen molar-refractivity contribution < 1.29 is 8.78 Å². The van der Waals surface area contributed by atoms with Crippen LogP contribution in [0, 0.1) is 36.8 Å². The molecule has 0 aliphatic carbocycles. The second kappa shape index (κ2) is 14.0. The molecule has 184 valence electrons. The summed E-state index contributed by atoms with van der Waals surface area (Å²) >= 11 is 0. The Morgan fingerprint density at radius 2 is 1.66 bits per heavy atom. The summed E-state index contributed by atoms with van der Waals surface area (Å²) in [6, 6.07) is 19.5. The maximum atomic E-state index is 14.0. The van der Waals surface area contributed by atoms with Crippen LogP contribution in [0.5, 0.6) is 0 Å². The zero-order chi connectivity index (χ0) is 25.8. The molecule has 0 bridgehead atoms. The highest BCUT2D eigenvalue weighted by molar-refractivity contribution is 5.65. The van der Waals surface area contributed by atoms with Crippen molar-refractivity contribution in [3.8, 4) is 6.07 Å². The van der Waals surface area contributed by atoms with Gasteiger partial charge in [0.05, 0.1) is 11.6 Å². The number of nitrogens with one attached hydrogen (secondary N) is 2. The Morgan fingerprint density at radius 3 is 2.29 bits per heavy atom. The zero-order valence-electron chi connectivity index (χ0n) is 21.1. The molecule has 5 heteroatoms. The van der Waals surface area contributed by atoms with Crippen molar-refractivity contribution >= 4 is 5.70 Å². The maximum absolute atomic E-state index is 14.0. The summed E-state index contributed by atoms with van der Waals surface area (Å²) in [6.07, 6.45) is 3.70. The Morgan fingerprint density at radius 1 is 1.00 bits per heavy atom. The third-order valence-electron chi connectivity index (χ3n) is 5.79. The summed E-state index contributed by atoms with van der Waals surface area (Å²) in [4.78, 5) is 0. The highest BCUT2D eigenvalue weighted by atomic mass is 19.1. The zero-order valence-corrected chi connectivity index (χ0v) is 21.1. The van der Waals surface area contributed by atoms with E-state index in [1.165, 1.54) is 25.3 Å². The molecule has 0 saturated carbocycles. The van der Waals surface area contributed by atoms with Gasteiger partial charge in [0.1, 0.15) is 17.8 Å². The van der Waals surface area contributed by atoms with Crippen molar-refractivity contribution in [3.05, 3.63) is 112 Å². The molecule has 0 spiro atoms. The number of aryl methyl sites for hydroxylation is 1. The minimum absolute atomic E-state index is 0.326. The van der Waals surface area contributed by atoms with Crippen LogP contribution in [0.3, 0.4) is 0 Å². The van der Waals surface area contributed by atoms with E-state index in [1.54, 1.807) is 13.0 Å². The summed E-state index contributed by atoms with van der Waals surface area (Å²) in [5.74, 6) is -1.27.